The third kappa shape index (κ3) is 4.88. The summed E-state index contributed by atoms with van der Waals surface area (Å²) in [5.74, 6) is 0.643. The molecule has 0 N–H and O–H groups in total. The second kappa shape index (κ2) is 9.57. The number of hydrogen-bond acceptors (Lipinski definition) is 7. The fourth-order valence-corrected chi connectivity index (χ4v) is 3.52. The van der Waals surface area contributed by atoms with Crippen molar-refractivity contribution in [2.45, 2.75) is 6.04 Å². The molecule has 0 fully saturated rings. The van der Waals surface area contributed by atoms with Crippen LogP contribution in [-0.2, 0) is 0 Å². The summed E-state index contributed by atoms with van der Waals surface area (Å²) in [5, 5.41) is 23.4. The van der Waals surface area contributed by atoms with E-state index in [9.17, 15) is 14.9 Å². The Morgan fingerprint density at radius 3 is 2.52 bits per heavy atom. The van der Waals surface area contributed by atoms with Gasteiger partial charge in [0.05, 0.1) is 10.6 Å². The number of benzene rings is 3. The normalized spacial score (nSPS) is 11.6. The maximum absolute atomic E-state index is 13.0. The SMILES string of the molecule is CN(C(=O)Oc1ccccc1)C(c1cccc([N+](=O)[O-])c1)c1nnnn1-c1ccc(Br)cc1. The van der Waals surface area contributed by atoms with Gasteiger partial charge in [0.25, 0.3) is 5.69 Å². The molecule has 10 nitrogen and oxygen atoms in total. The standard InChI is InChI=1S/C22H17BrN6O4/c1-27(22(30)33-19-8-3-2-4-9-19)20(15-6-5-7-18(14-15)29(31)32)21-24-25-26-28(21)17-12-10-16(23)11-13-17/h2-14,20H,1H3. The molecule has 1 heterocycles. The Kier molecular flexibility index (Phi) is 6.41. The molecule has 4 rings (SSSR count). The van der Waals surface area contributed by atoms with Gasteiger partial charge in [-0.2, -0.15) is 4.68 Å². The van der Waals surface area contributed by atoms with Crippen LogP contribution in [0.4, 0.5) is 10.5 Å². The number of para-hydroxylation sites is 1. The van der Waals surface area contributed by atoms with Gasteiger partial charge in [0.1, 0.15) is 11.8 Å². The van der Waals surface area contributed by atoms with E-state index in [1.807, 2.05) is 12.1 Å². The summed E-state index contributed by atoms with van der Waals surface area (Å²) < 4.78 is 7.83. The molecule has 1 atom stereocenters. The molecule has 33 heavy (non-hydrogen) atoms. The number of non-ortho nitro benzene ring substituents is 1. The number of tetrazole rings is 1. The Bertz CT molecular complexity index is 1280. The van der Waals surface area contributed by atoms with Gasteiger partial charge in [-0.1, -0.05) is 46.3 Å². The van der Waals surface area contributed by atoms with Crippen LogP contribution in [0.3, 0.4) is 0 Å². The monoisotopic (exact) mass is 508 g/mol. The van der Waals surface area contributed by atoms with Crippen molar-refractivity contribution >= 4 is 27.7 Å². The maximum atomic E-state index is 13.0. The summed E-state index contributed by atoms with van der Waals surface area (Å²) in [6.45, 7) is 0. The fourth-order valence-electron chi connectivity index (χ4n) is 3.25. The van der Waals surface area contributed by atoms with Crippen molar-refractivity contribution in [2.24, 2.45) is 0 Å². The highest BCUT2D eigenvalue weighted by atomic mass is 79.9. The summed E-state index contributed by atoms with van der Waals surface area (Å²) >= 11 is 3.39. The molecule has 0 saturated carbocycles. The van der Waals surface area contributed by atoms with E-state index in [1.54, 1.807) is 54.6 Å². The van der Waals surface area contributed by atoms with E-state index in [-0.39, 0.29) is 11.5 Å². The Morgan fingerprint density at radius 1 is 1.09 bits per heavy atom. The Hall–Kier alpha value is -4.12. The number of ether oxygens (including phenoxy) is 1. The zero-order valence-corrected chi connectivity index (χ0v) is 18.9. The number of rotatable bonds is 6. The Balaban J connectivity index is 1.78. The first-order valence-corrected chi connectivity index (χ1v) is 10.5. The molecule has 0 saturated heterocycles. The van der Waals surface area contributed by atoms with Crippen LogP contribution in [0.2, 0.25) is 0 Å². The van der Waals surface area contributed by atoms with Gasteiger partial charge in [-0.25, -0.2) is 4.79 Å². The first-order chi connectivity index (χ1) is 15.9. The van der Waals surface area contributed by atoms with Crippen molar-refractivity contribution in [3.8, 4) is 11.4 Å². The lowest BCUT2D eigenvalue weighted by molar-refractivity contribution is -0.384. The molecular weight excluding hydrogens is 492 g/mol. The van der Waals surface area contributed by atoms with Crippen molar-refractivity contribution in [3.63, 3.8) is 0 Å². The van der Waals surface area contributed by atoms with Crippen LogP contribution in [-0.4, -0.2) is 43.2 Å². The highest BCUT2D eigenvalue weighted by molar-refractivity contribution is 9.10. The third-order valence-corrected chi connectivity index (χ3v) is 5.36. The van der Waals surface area contributed by atoms with E-state index in [0.717, 1.165) is 4.47 Å². The molecule has 0 spiro atoms. The Morgan fingerprint density at radius 2 is 1.82 bits per heavy atom. The third-order valence-electron chi connectivity index (χ3n) is 4.83. The van der Waals surface area contributed by atoms with Crippen LogP contribution in [0.1, 0.15) is 17.4 Å². The smallest absolute Gasteiger partial charge is 0.410 e. The molecule has 1 unspecified atom stereocenters. The number of hydrogen-bond donors (Lipinski definition) is 0. The van der Waals surface area contributed by atoms with Crippen molar-refractivity contribution in [1.29, 1.82) is 0 Å². The van der Waals surface area contributed by atoms with Crippen LogP contribution in [0, 0.1) is 10.1 Å². The van der Waals surface area contributed by atoms with Crippen molar-refractivity contribution in [1.82, 2.24) is 25.1 Å². The largest absolute Gasteiger partial charge is 0.415 e. The molecule has 0 bridgehead atoms. The summed E-state index contributed by atoms with van der Waals surface area (Å²) in [7, 11) is 1.52. The van der Waals surface area contributed by atoms with Gasteiger partial charge < -0.3 is 4.74 Å². The van der Waals surface area contributed by atoms with Gasteiger partial charge in [0.15, 0.2) is 5.82 Å². The molecule has 11 heteroatoms. The fraction of sp³-hybridized carbons (Fsp3) is 0.0909. The van der Waals surface area contributed by atoms with Crippen LogP contribution in [0.15, 0.2) is 83.3 Å². The second-order valence-corrected chi connectivity index (χ2v) is 7.89. The molecule has 0 radical (unpaired) electrons. The number of halogens is 1. The van der Waals surface area contributed by atoms with Gasteiger partial charge in [-0.15, -0.1) is 5.10 Å². The molecule has 1 aromatic heterocycles. The van der Waals surface area contributed by atoms with E-state index in [0.29, 0.717) is 17.0 Å². The molecular formula is C22H17BrN6O4. The molecule has 3 aromatic carbocycles. The zero-order valence-electron chi connectivity index (χ0n) is 17.3. The highest BCUT2D eigenvalue weighted by Crippen LogP contribution is 2.30. The van der Waals surface area contributed by atoms with Gasteiger partial charge in [-0.05, 0) is 52.4 Å². The van der Waals surface area contributed by atoms with E-state index >= 15 is 0 Å². The van der Waals surface area contributed by atoms with Gasteiger partial charge in [0.2, 0.25) is 0 Å². The summed E-state index contributed by atoms with van der Waals surface area (Å²) in [6.07, 6.45) is -0.678. The molecule has 0 aliphatic carbocycles. The lowest BCUT2D eigenvalue weighted by Gasteiger charge is -2.27. The highest BCUT2D eigenvalue weighted by Gasteiger charge is 2.31. The number of nitro benzene ring substituents is 1. The minimum atomic E-state index is -0.875. The van der Waals surface area contributed by atoms with Crippen molar-refractivity contribution < 1.29 is 14.5 Å². The first kappa shape index (κ1) is 22.1. The number of carbonyl (C=O) groups is 1. The van der Waals surface area contributed by atoms with Gasteiger partial charge in [0, 0.05) is 23.7 Å². The number of nitro groups is 1. The lowest BCUT2D eigenvalue weighted by atomic mass is 10.0. The molecule has 4 aromatic rings. The van der Waals surface area contributed by atoms with Crippen LogP contribution in [0.5, 0.6) is 5.75 Å². The average Bonchev–Trinajstić information content (AvgIpc) is 3.30. The average molecular weight is 509 g/mol. The molecule has 0 aliphatic heterocycles. The zero-order chi connectivity index (χ0) is 23.4. The van der Waals surface area contributed by atoms with Gasteiger partial charge in [-0.3, -0.25) is 15.0 Å². The number of aromatic nitrogens is 4. The van der Waals surface area contributed by atoms with E-state index in [4.69, 9.17) is 4.74 Å². The van der Waals surface area contributed by atoms with Crippen LogP contribution >= 0.6 is 15.9 Å². The van der Waals surface area contributed by atoms with Crippen LogP contribution in [0.25, 0.3) is 5.69 Å². The van der Waals surface area contributed by atoms with Gasteiger partial charge >= 0.3 is 6.09 Å². The molecule has 166 valence electrons. The molecule has 1 amide bonds. The second-order valence-electron chi connectivity index (χ2n) is 6.97. The minimum Gasteiger partial charge on any atom is -0.410 e. The number of nitrogens with zero attached hydrogens (tertiary/aromatic N) is 6. The van der Waals surface area contributed by atoms with Crippen molar-refractivity contribution in [3.05, 3.63) is 105 Å². The summed E-state index contributed by atoms with van der Waals surface area (Å²) in [5.41, 5.74) is 0.980. The summed E-state index contributed by atoms with van der Waals surface area (Å²) in [4.78, 5) is 25.2. The number of amides is 1. The quantitative estimate of drug-likeness (QED) is 0.277. The van der Waals surface area contributed by atoms with Crippen LogP contribution < -0.4 is 4.74 Å². The number of carbonyl (C=O) groups excluding carboxylic acids is 1. The topological polar surface area (TPSA) is 116 Å². The maximum Gasteiger partial charge on any atom is 0.415 e. The Labute approximate surface area is 196 Å². The minimum absolute atomic E-state index is 0.120. The predicted octanol–water partition coefficient (Wildman–Crippen LogP) is 4.55. The first-order valence-electron chi connectivity index (χ1n) is 9.72. The lowest BCUT2D eigenvalue weighted by Crippen LogP contribution is -2.35. The van der Waals surface area contributed by atoms with E-state index in [2.05, 4.69) is 31.5 Å². The van der Waals surface area contributed by atoms with Crippen molar-refractivity contribution in [2.75, 3.05) is 7.05 Å². The molecule has 0 aliphatic rings. The van der Waals surface area contributed by atoms with E-state index < -0.39 is 17.1 Å². The van der Waals surface area contributed by atoms with E-state index in [1.165, 1.54) is 28.8 Å². The predicted molar refractivity (Wildman–Crippen MR) is 122 cm³/mol. The summed E-state index contributed by atoms with van der Waals surface area (Å²) in [6, 6.07) is 21.0.